The van der Waals surface area contributed by atoms with Crippen LogP contribution in [0.15, 0.2) is 47.4 Å². The number of benzene rings is 1. The molecule has 0 saturated carbocycles. The maximum Gasteiger partial charge on any atom is 0.277 e. The maximum atomic E-state index is 13.2. The van der Waals surface area contributed by atoms with Crippen LogP contribution in [0.3, 0.4) is 0 Å². The Hall–Kier alpha value is -3.88. The van der Waals surface area contributed by atoms with Gasteiger partial charge in [0.15, 0.2) is 0 Å². The third-order valence-electron chi connectivity index (χ3n) is 5.69. The smallest absolute Gasteiger partial charge is 0.277 e. The molecule has 0 spiro atoms. The molecular weight excluding hydrogens is 420 g/mol. The number of hydrogen-bond acceptors (Lipinski definition) is 7. The molecule has 1 aliphatic heterocycles. The molecule has 0 saturated heterocycles. The van der Waals surface area contributed by atoms with Crippen LogP contribution in [0.4, 0.5) is 11.5 Å². The summed E-state index contributed by atoms with van der Waals surface area (Å²) in [5.74, 6) is 1.63. The summed E-state index contributed by atoms with van der Waals surface area (Å²) in [6.07, 6.45) is 2.66. The van der Waals surface area contributed by atoms with Gasteiger partial charge in [-0.25, -0.2) is 9.97 Å². The van der Waals surface area contributed by atoms with Crippen LogP contribution in [0, 0.1) is 6.92 Å². The number of nitrogen functional groups attached to an aromatic ring is 1. The number of pyridine rings is 1. The summed E-state index contributed by atoms with van der Waals surface area (Å²) in [5, 5.41) is 6.08. The molecule has 4 N–H and O–H groups in total. The molecule has 2 aromatic heterocycles. The average molecular weight is 449 g/mol. The monoisotopic (exact) mass is 448 g/mol. The number of rotatable bonds is 8. The summed E-state index contributed by atoms with van der Waals surface area (Å²) in [7, 11) is 0. The molecule has 172 valence electrons. The number of ether oxygens (including phenoxy) is 1. The van der Waals surface area contributed by atoms with Gasteiger partial charge < -0.3 is 21.1 Å². The summed E-state index contributed by atoms with van der Waals surface area (Å²) in [5.41, 5.74) is 8.43. The van der Waals surface area contributed by atoms with E-state index in [1.165, 1.54) is 4.57 Å². The molecule has 3 aromatic rings. The molecule has 0 bridgehead atoms. The van der Waals surface area contributed by atoms with Gasteiger partial charge in [-0.3, -0.25) is 14.2 Å². The van der Waals surface area contributed by atoms with Crippen molar-refractivity contribution in [3.63, 3.8) is 0 Å². The summed E-state index contributed by atoms with van der Waals surface area (Å²) in [4.78, 5) is 34.7. The van der Waals surface area contributed by atoms with Gasteiger partial charge in [0.2, 0.25) is 5.91 Å². The van der Waals surface area contributed by atoms with Crippen LogP contribution < -0.4 is 26.7 Å². The second-order valence-electron chi connectivity index (χ2n) is 7.95. The number of hydrogen-bond donors (Lipinski definition) is 3. The molecule has 0 fully saturated rings. The van der Waals surface area contributed by atoms with Crippen molar-refractivity contribution in [1.29, 1.82) is 0 Å². The van der Waals surface area contributed by atoms with Crippen LogP contribution in [0.2, 0.25) is 0 Å². The predicted octanol–water partition coefficient (Wildman–Crippen LogP) is 2.34. The Kier molecular flexibility index (Phi) is 6.58. The molecule has 0 radical (unpaired) electrons. The Balaban J connectivity index is 1.46. The van der Waals surface area contributed by atoms with E-state index in [1.807, 2.05) is 44.2 Å². The predicted molar refractivity (Wildman–Crippen MR) is 126 cm³/mol. The normalized spacial score (nSPS) is 14.5. The van der Waals surface area contributed by atoms with Gasteiger partial charge >= 0.3 is 0 Å². The second-order valence-corrected chi connectivity index (χ2v) is 7.95. The average Bonchev–Trinajstić information content (AvgIpc) is 3.24. The molecule has 33 heavy (non-hydrogen) atoms. The number of carbonyl (C=O) groups excluding carboxylic acids is 1. The maximum absolute atomic E-state index is 13.2. The Labute approximate surface area is 192 Å². The zero-order valence-electron chi connectivity index (χ0n) is 18.8. The van der Waals surface area contributed by atoms with Crippen molar-refractivity contribution in [3.8, 4) is 5.75 Å². The number of fused-ring (bicyclic) bond motifs is 1. The topological polar surface area (TPSA) is 124 Å². The SMILES string of the molecule is CCOc1cccc(CNc2cnc3n(c2=O)C(C(=O)NCc2ccc(N)nc2C)CC3)c1. The van der Waals surface area contributed by atoms with Gasteiger partial charge in [-0.1, -0.05) is 18.2 Å². The highest BCUT2D eigenvalue weighted by Gasteiger charge is 2.31. The lowest BCUT2D eigenvalue weighted by Crippen LogP contribution is -2.36. The number of nitrogens with two attached hydrogens (primary N) is 1. The highest BCUT2D eigenvalue weighted by molar-refractivity contribution is 5.81. The van der Waals surface area contributed by atoms with Crippen molar-refractivity contribution in [2.24, 2.45) is 0 Å². The number of carbonyl (C=O) groups is 1. The molecule has 0 aliphatic carbocycles. The van der Waals surface area contributed by atoms with Gasteiger partial charge in [0.25, 0.3) is 5.56 Å². The third-order valence-corrected chi connectivity index (χ3v) is 5.69. The van der Waals surface area contributed by atoms with Crippen molar-refractivity contribution in [3.05, 3.63) is 75.6 Å². The third kappa shape index (κ3) is 4.97. The van der Waals surface area contributed by atoms with E-state index in [9.17, 15) is 9.59 Å². The molecule has 1 aromatic carbocycles. The largest absolute Gasteiger partial charge is 0.494 e. The summed E-state index contributed by atoms with van der Waals surface area (Å²) >= 11 is 0. The first kappa shape index (κ1) is 22.3. The fourth-order valence-corrected chi connectivity index (χ4v) is 3.98. The first-order valence-corrected chi connectivity index (χ1v) is 11.0. The number of aryl methyl sites for hydroxylation is 2. The summed E-state index contributed by atoms with van der Waals surface area (Å²) in [6, 6.07) is 10.6. The van der Waals surface area contributed by atoms with Gasteiger partial charge in [0.05, 0.1) is 12.8 Å². The van der Waals surface area contributed by atoms with Gasteiger partial charge in [-0.05, 0) is 49.6 Å². The zero-order chi connectivity index (χ0) is 23.4. The number of anilines is 2. The van der Waals surface area contributed by atoms with E-state index in [1.54, 1.807) is 12.3 Å². The second kappa shape index (κ2) is 9.72. The fourth-order valence-electron chi connectivity index (χ4n) is 3.98. The van der Waals surface area contributed by atoms with Gasteiger partial charge in [-0.2, -0.15) is 0 Å². The van der Waals surface area contributed by atoms with E-state index in [2.05, 4.69) is 20.6 Å². The van der Waals surface area contributed by atoms with Crippen molar-refractivity contribution in [2.45, 2.75) is 45.8 Å². The van der Waals surface area contributed by atoms with Crippen molar-refractivity contribution in [2.75, 3.05) is 17.7 Å². The lowest BCUT2D eigenvalue weighted by Gasteiger charge is -2.16. The highest BCUT2D eigenvalue weighted by atomic mass is 16.5. The minimum atomic E-state index is -0.593. The van der Waals surface area contributed by atoms with Crippen molar-refractivity contribution in [1.82, 2.24) is 19.9 Å². The first-order valence-electron chi connectivity index (χ1n) is 11.0. The molecule has 1 atom stereocenters. The van der Waals surface area contributed by atoms with Crippen LogP contribution in [-0.2, 0) is 24.3 Å². The number of amides is 1. The molecule has 1 unspecified atom stereocenters. The van der Waals surface area contributed by atoms with Crippen LogP contribution in [0.5, 0.6) is 5.75 Å². The zero-order valence-corrected chi connectivity index (χ0v) is 18.8. The Morgan fingerprint density at radius 3 is 2.91 bits per heavy atom. The number of aromatic nitrogens is 3. The molecule has 9 nitrogen and oxygen atoms in total. The quantitative estimate of drug-likeness (QED) is 0.483. The van der Waals surface area contributed by atoms with Crippen LogP contribution in [0.1, 0.15) is 42.0 Å². The lowest BCUT2D eigenvalue weighted by molar-refractivity contribution is -0.124. The standard InChI is InChI=1S/C24H28N6O3/c1-3-33-18-6-4-5-16(11-18)12-26-19-14-27-22-10-8-20(30(22)24(19)32)23(31)28-13-17-7-9-21(25)29-15(17)2/h4-7,9,11,14,20,26H,3,8,10,12-13H2,1-2H3,(H2,25,29)(H,28,31). The van der Waals surface area contributed by atoms with E-state index in [-0.39, 0.29) is 11.5 Å². The van der Waals surface area contributed by atoms with Crippen molar-refractivity contribution < 1.29 is 9.53 Å². The summed E-state index contributed by atoms with van der Waals surface area (Å²) in [6.45, 7) is 5.13. The van der Waals surface area contributed by atoms with Crippen LogP contribution in [0.25, 0.3) is 0 Å². The van der Waals surface area contributed by atoms with Gasteiger partial charge in [0, 0.05) is 25.2 Å². The van der Waals surface area contributed by atoms with Crippen LogP contribution in [-0.4, -0.2) is 27.0 Å². The minimum absolute atomic E-state index is 0.213. The van der Waals surface area contributed by atoms with E-state index in [4.69, 9.17) is 10.5 Å². The highest BCUT2D eigenvalue weighted by Crippen LogP contribution is 2.24. The lowest BCUT2D eigenvalue weighted by atomic mass is 10.1. The van der Waals surface area contributed by atoms with E-state index < -0.39 is 6.04 Å². The molecular formula is C24H28N6O3. The van der Waals surface area contributed by atoms with Crippen LogP contribution >= 0.6 is 0 Å². The van der Waals surface area contributed by atoms with E-state index in [0.717, 1.165) is 22.6 Å². The Morgan fingerprint density at radius 1 is 1.27 bits per heavy atom. The molecule has 1 amide bonds. The summed E-state index contributed by atoms with van der Waals surface area (Å²) < 4.78 is 7.03. The Morgan fingerprint density at radius 2 is 2.12 bits per heavy atom. The number of nitrogens with one attached hydrogen (secondary N) is 2. The van der Waals surface area contributed by atoms with E-state index >= 15 is 0 Å². The molecule has 4 rings (SSSR count). The minimum Gasteiger partial charge on any atom is -0.494 e. The molecule has 3 heterocycles. The van der Waals surface area contributed by atoms with Crippen molar-refractivity contribution >= 4 is 17.4 Å². The first-order chi connectivity index (χ1) is 16.0. The number of nitrogens with zero attached hydrogens (tertiary/aromatic N) is 3. The molecule has 9 heteroatoms. The molecule has 1 aliphatic rings. The Bertz CT molecular complexity index is 1220. The van der Waals surface area contributed by atoms with E-state index in [0.29, 0.717) is 49.9 Å². The van der Waals surface area contributed by atoms with Gasteiger partial charge in [0.1, 0.15) is 29.1 Å². The fraction of sp³-hybridized carbons (Fsp3) is 0.333. The van der Waals surface area contributed by atoms with Gasteiger partial charge in [-0.15, -0.1) is 0 Å².